The Morgan fingerprint density at radius 3 is 2.04 bits per heavy atom. The maximum absolute atomic E-state index is 12.4. The molecule has 0 aliphatic heterocycles. The van der Waals surface area contributed by atoms with E-state index in [9.17, 15) is 9.59 Å². The number of carbonyl (C=O) groups is 2. The minimum atomic E-state index is -0.256. The Hall–Kier alpha value is -1.88. The van der Waals surface area contributed by atoms with Crippen molar-refractivity contribution in [1.29, 1.82) is 0 Å². The van der Waals surface area contributed by atoms with E-state index in [1.165, 1.54) is 5.56 Å². The van der Waals surface area contributed by atoms with Gasteiger partial charge in [-0.2, -0.15) is 0 Å². The lowest BCUT2D eigenvalue weighted by atomic mass is 10.00. The van der Waals surface area contributed by atoms with Crippen LogP contribution in [-0.4, -0.2) is 37.0 Å². The fraction of sp³-hybridized carbons (Fsp3) is 0.636. The number of carbonyl (C=O) groups excluding carboxylic acids is 2. The van der Waals surface area contributed by atoms with Crippen molar-refractivity contribution in [2.24, 2.45) is 5.92 Å². The molecule has 0 aliphatic rings. The summed E-state index contributed by atoms with van der Waals surface area (Å²) in [5, 5.41) is 6.00. The van der Waals surface area contributed by atoms with Gasteiger partial charge in [-0.15, -0.1) is 0 Å². The van der Waals surface area contributed by atoms with Gasteiger partial charge in [0.15, 0.2) is 13.1 Å². The minimum absolute atomic E-state index is 0.0269. The molecule has 27 heavy (non-hydrogen) atoms. The lowest BCUT2D eigenvalue weighted by Crippen LogP contribution is -3.14. The van der Waals surface area contributed by atoms with Gasteiger partial charge < -0.3 is 15.5 Å². The molecule has 5 heteroatoms. The summed E-state index contributed by atoms with van der Waals surface area (Å²) in [4.78, 5) is 25.5. The van der Waals surface area contributed by atoms with E-state index in [0.717, 1.165) is 23.4 Å². The number of likely N-dealkylation sites (N-methyl/N-ethyl adjacent to an activating group) is 1. The third-order valence-corrected chi connectivity index (χ3v) is 4.34. The monoisotopic (exact) mass is 376 g/mol. The highest BCUT2D eigenvalue weighted by molar-refractivity contribution is 5.79. The first-order valence-corrected chi connectivity index (χ1v) is 10.0. The second-order valence-electron chi connectivity index (χ2n) is 8.88. The fourth-order valence-corrected chi connectivity index (χ4v) is 3.02. The van der Waals surface area contributed by atoms with Crippen LogP contribution in [0.2, 0.25) is 0 Å². The molecule has 0 spiro atoms. The average Bonchev–Trinajstić information content (AvgIpc) is 2.52. The molecule has 1 aromatic rings. The van der Waals surface area contributed by atoms with Crippen LogP contribution in [0.5, 0.6) is 0 Å². The molecule has 0 saturated carbocycles. The molecule has 0 radical (unpaired) electrons. The maximum atomic E-state index is 12.4. The molecule has 0 aromatic heterocycles. The molecule has 1 aromatic carbocycles. The van der Waals surface area contributed by atoms with Crippen molar-refractivity contribution in [2.45, 2.75) is 66.5 Å². The molecule has 0 heterocycles. The van der Waals surface area contributed by atoms with Crippen LogP contribution in [0, 0.1) is 5.92 Å². The molecular formula is C22H38N3O2+. The average molecular weight is 377 g/mol. The number of hydrogen-bond acceptors (Lipinski definition) is 2. The largest absolute Gasteiger partial charge is 0.347 e. The van der Waals surface area contributed by atoms with Gasteiger partial charge in [0.2, 0.25) is 0 Å². The molecule has 0 saturated heterocycles. The Bertz CT molecular complexity index is 603. The van der Waals surface area contributed by atoms with Gasteiger partial charge in [-0.1, -0.05) is 38.1 Å². The predicted molar refractivity (Wildman–Crippen MR) is 111 cm³/mol. The van der Waals surface area contributed by atoms with E-state index in [2.05, 4.69) is 48.7 Å². The Labute approximate surface area is 164 Å². The first-order chi connectivity index (χ1) is 12.5. The molecule has 0 aliphatic carbocycles. The molecule has 1 unspecified atom stereocenters. The van der Waals surface area contributed by atoms with E-state index >= 15 is 0 Å². The van der Waals surface area contributed by atoms with Crippen LogP contribution in [0.25, 0.3) is 0 Å². The predicted octanol–water partition coefficient (Wildman–Crippen LogP) is 1.88. The van der Waals surface area contributed by atoms with Gasteiger partial charge >= 0.3 is 0 Å². The Morgan fingerprint density at radius 1 is 1.00 bits per heavy atom. The van der Waals surface area contributed by atoms with Crippen molar-refractivity contribution in [3.05, 3.63) is 35.4 Å². The van der Waals surface area contributed by atoms with Gasteiger partial charge in [-0.05, 0) is 58.1 Å². The highest BCUT2D eigenvalue weighted by Gasteiger charge is 2.21. The minimum Gasteiger partial charge on any atom is -0.347 e. The zero-order valence-corrected chi connectivity index (χ0v) is 18.1. The van der Waals surface area contributed by atoms with Crippen LogP contribution >= 0.6 is 0 Å². The van der Waals surface area contributed by atoms with E-state index in [1.54, 1.807) is 0 Å². The number of rotatable bonds is 9. The van der Waals surface area contributed by atoms with Crippen LogP contribution in [0.3, 0.4) is 0 Å². The van der Waals surface area contributed by atoms with Gasteiger partial charge in [-0.25, -0.2) is 0 Å². The van der Waals surface area contributed by atoms with Crippen molar-refractivity contribution in [3.8, 4) is 0 Å². The number of nitrogens with one attached hydrogen (secondary N) is 3. The fourth-order valence-electron chi connectivity index (χ4n) is 3.02. The third kappa shape index (κ3) is 9.57. The zero-order valence-electron chi connectivity index (χ0n) is 18.1. The van der Waals surface area contributed by atoms with Gasteiger partial charge in [0, 0.05) is 5.54 Å². The Kier molecular flexibility index (Phi) is 8.97. The van der Waals surface area contributed by atoms with E-state index in [0.29, 0.717) is 19.0 Å². The smallest absolute Gasteiger partial charge is 0.275 e. The summed E-state index contributed by atoms with van der Waals surface area (Å²) in [7, 11) is 0. The molecule has 2 atom stereocenters. The van der Waals surface area contributed by atoms with Gasteiger partial charge in [0.1, 0.15) is 0 Å². The molecule has 3 N–H and O–H groups in total. The zero-order chi connectivity index (χ0) is 20.6. The van der Waals surface area contributed by atoms with Crippen LogP contribution in [0.15, 0.2) is 24.3 Å². The summed E-state index contributed by atoms with van der Waals surface area (Å²) >= 11 is 0. The van der Waals surface area contributed by atoms with E-state index in [-0.39, 0.29) is 23.4 Å². The van der Waals surface area contributed by atoms with Crippen LogP contribution in [0.1, 0.15) is 65.6 Å². The molecule has 0 bridgehead atoms. The summed E-state index contributed by atoms with van der Waals surface area (Å²) in [5.74, 6) is 0.571. The standard InChI is InChI=1S/C22H37N3O2/c1-8-25(15-21(27)24-22(5,6)7)14-20(26)23-17(4)19-11-9-18(10-12-19)13-16(2)3/h9-12,16-17H,8,13-15H2,1-7H3,(H,23,26)(H,24,27)/p+1/t17-/m0/s1. The Morgan fingerprint density at radius 2 is 1.56 bits per heavy atom. The quantitative estimate of drug-likeness (QED) is 0.616. The molecule has 2 amide bonds. The normalized spacial score (nSPS) is 13.9. The second-order valence-corrected chi connectivity index (χ2v) is 8.88. The number of hydrogen-bond donors (Lipinski definition) is 3. The lowest BCUT2D eigenvalue weighted by Gasteiger charge is -2.23. The summed E-state index contributed by atoms with van der Waals surface area (Å²) in [6, 6.07) is 8.40. The molecule has 152 valence electrons. The number of amides is 2. The van der Waals surface area contributed by atoms with Crippen molar-refractivity contribution in [1.82, 2.24) is 10.6 Å². The third-order valence-electron chi connectivity index (χ3n) is 4.34. The van der Waals surface area contributed by atoms with Gasteiger partial charge in [-0.3, -0.25) is 9.59 Å². The van der Waals surface area contributed by atoms with E-state index < -0.39 is 0 Å². The lowest BCUT2D eigenvalue weighted by molar-refractivity contribution is -0.881. The summed E-state index contributed by atoms with van der Waals surface area (Å²) in [6.45, 7) is 15.6. The first kappa shape index (κ1) is 23.2. The van der Waals surface area contributed by atoms with Crippen LogP contribution in [0.4, 0.5) is 0 Å². The van der Waals surface area contributed by atoms with Gasteiger partial charge in [0.25, 0.3) is 11.8 Å². The van der Waals surface area contributed by atoms with Gasteiger partial charge in [0.05, 0.1) is 12.6 Å². The van der Waals surface area contributed by atoms with E-state index in [4.69, 9.17) is 0 Å². The van der Waals surface area contributed by atoms with E-state index in [1.807, 2.05) is 34.6 Å². The van der Waals surface area contributed by atoms with Crippen molar-refractivity contribution >= 4 is 11.8 Å². The topological polar surface area (TPSA) is 62.6 Å². The SMILES string of the molecule is CC[NH+](CC(=O)N[C@@H](C)c1ccc(CC(C)C)cc1)CC(=O)NC(C)(C)C. The summed E-state index contributed by atoms with van der Waals surface area (Å²) in [6.07, 6.45) is 1.06. The summed E-state index contributed by atoms with van der Waals surface area (Å²) < 4.78 is 0. The molecular weight excluding hydrogens is 338 g/mol. The maximum Gasteiger partial charge on any atom is 0.275 e. The first-order valence-electron chi connectivity index (χ1n) is 10.0. The van der Waals surface area contributed by atoms with Crippen molar-refractivity contribution in [3.63, 3.8) is 0 Å². The summed E-state index contributed by atoms with van der Waals surface area (Å²) in [5.41, 5.74) is 2.16. The molecule has 5 nitrogen and oxygen atoms in total. The number of benzene rings is 1. The Balaban J connectivity index is 2.54. The number of quaternary nitrogens is 1. The molecule has 1 rings (SSSR count). The van der Waals surface area contributed by atoms with Crippen molar-refractivity contribution < 1.29 is 14.5 Å². The second kappa shape index (κ2) is 10.5. The van der Waals surface area contributed by atoms with Crippen LogP contribution in [-0.2, 0) is 16.0 Å². The van der Waals surface area contributed by atoms with Crippen molar-refractivity contribution in [2.75, 3.05) is 19.6 Å². The molecule has 0 fully saturated rings. The van der Waals surface area contributed by atoms with Crippen LogP contribution < -0.4 is 15.5 Å². The highest BCUT2D eigenvalue weighted by Crippen LogP contribution is 2.15. The highest BCUT2D eigenvalue weighted by atomic mass is 16.2.